The van der Waals surface area contributed by atoms with Gasteiger partial charge in [0.25, 0.3) is 0 Å². The van der Waals surface area contributed by atoms with Crippen LogP contribution in [0.15, 0.2) is 24.3 Å². The Hall–Kier alpha value is -1.56. The Labute approximate surface area is 144 Å². The average Bonchev–Trinajstić information content (AvgIpc) is 2.78. The molecule has 1 unspecified atom stereocenters. The third-order valence-electron chi connectivity index (χ3n) is 3.96. The third kappa shape index (κ3) is 3.52. The number of carbonyl (C=O) groups excluding carboxylic acids is 1. The highest BCUT2D eigenvalue weighted by Crippen LogP contribution is 2.38. The van der Waals surface area contributed by atoms with Crippen LogP contribution in [-0.4, -0.2) is 24.4 Å². The molecule has 3 rings (SSSR count). The molecule has 1 atom stereocenters. The van der Waals surface area contributed by atoms with Gasteiger partial charge in [-0.25, -0.2) is 0 Å². The summed E-state index contributed by atoms with van der Waals surface area (Å²) in [5.74, 6) is 0.0916. The van der Waals surface area contributed by atoms with Crippen molar-refractivity contribution >= 4 is 28.8 Å². The minimum Gasteiger partial charge on any atom is -0.483 e. The van der Waals surface area contributed by atoms with Crippen molar-refractivity contribution in [3.8, 4) is 5.75 Å². The number of primary amides is 1. The summed E-state index contributed by atoms with van der Waals surface area (Å²) in [5, 5.41) is 0.411. The van der Waals surface area contributed by atoms with E-state index in [0.717, 1.165) is 19.5 Å². The van der Waals surface area contributed by atoms with Crippen LogP contribution < -0.4 is 10.5 Å². The Morgan fingerprint density at radius 1 is 1.43 bits per heavy atom. The molecule has 6 heteroatoms. The number of rotatable bonds is 3. The van der Waals surface area contributed by atoms with Gasteiger partial charge >= 0.3 is 0 Å². The zero-order valence-electron chi connectivity index (χ0n) is 13.1. The van der Waals surface area contributed by atoms with E-state index in [2.05, 4.69) is 24.9 Å². The van der Waals surface area contributed by atoms with Gasteiger partial charge in [0.05, 0.1) is 5.02 Å². The van der Waals surface area contributed by atoms with Crippen molar-refractivity contribution < 1.29 is 9.53 Å². The first-order chi connectivity index (χ1) is 10.9. The van der Waals surface area contributed by atoms with Crippen LogP contribution >= 0.6 is 22.9 Å². The molecule has 0 saturated carbocycles. The number of aryl methyl sites for hydroxylation is 1. The smallest absolute Gasteiger partial charge is 0.248 e. The van der Waals surface area contributed by atoms with Gasteiger partial charge in [-0.15, -0.1) is 11.3 Å². The van der Waals surface area contributed by atoms with E-state index in [0.29, 0.717) is 16.3 Å². The number of amides is 1. The van der Waals surface area contributed by atoms with Crippen molar-refractivity contribution in [2.75, 3.05) is 13.6 Å². The van der Waals surface area contributed by atoms with Crippen LogP contribution in [0.4, 0.5) is 0 Å². The minimum absolute atomic E-state index is 0.0226. The number of nitrogens with two attached hydrogens (primary N) is 1. The quantitative estimate of drug-likeness (QED) is 0.916. The maximum absolute atomic E-state index is 11.2. The summed E-state index contributed by atoms with van der Waals surface area (Å²) < 4.78 is 6.19. The average molecular weight is 351 g/mol. The molecule has 2 heterocycles. The molecular formula is C17H19ClN2O2S. The molecule has 0 bridgehead atoms. The minimum atomic E-state index is -0.495. The first-order valence-electron chi connectivity index (χ1n) is 7.48. The lowest BCUT2D eigenvalue weighted by atomic mass is 10.1. The topological polar surface area (TPSA) is 55.6 Å². The van der Waals surface area contributed by atoms with Gasteiger partial charge in [-0.2, -0.15) is 0 Å². The van der Waals surface area contributed by atoms with E-state index >= 15 is 0 Å². The zero-order chi connectivity index (χ0) is 16.6. The predicted molar refractivity (Wildman–Crippen MR) is 93.3 cm³/mol. The van der Waals surface area contributed by atoms with E-state index in [1.54, 1.807) is 29.5 Å². The predicted octanol–water partition coefficient (Wildman–Crippen LogP) is 3.76. The monoisotopic (exact) mass is 350 g/mol. The number of carbonyl (C=O) groups is 1. The molecular weight excluding hydrogens is 332 g/mol. The van der Waals surface area contributed by atoms with E-state index in [9.17, 15) is 4.79 Å². The number of hydrogen-bond acceptors (Lipinski definition) is 4. The lowest BCUT2D eigenvalue weighted by Gasteiger charge is -2.19. The molecule has 1 amide bonds. The Balaban J connectivity index is 1.89. The molecule has 0 fully saturated rings. The van der Waals surface area contributed by atoms with Gasteiger partial charge in [0.2, 0.25) is 5.91 Å². The Morgan fingerprint density at radius 2 is 2.22 bits per heavy atom. The highest BCUT2D eigenvalue weighted by Gasteiger charge is 2.25. The summed E-state index contributed by atoms with van der Waals surface area (Å²) in [6.07, 6.45) is 0.878. The number of benzene rings is 1. The summed E-state index contributed by atoms with van der Waals surface area (Å²) in [4.78, 5) is 16.1. The van der Waals surface area contributed by atoms with Gasteiger partial charge in [0.1, 0.15) is 11.9 Å². The molecule has 1 aromatic heterocycles. The van der Waals surface area contributed by atoms with Crippen molar-refractivity contribution in [3.05, 3.63) is 50.2 Å². The molecule has 0 aliphatic carbocycles. The second-order valence-corrected chi connectivity index (χ2v) is 7.58. The van der Waals surface area contributed by atoms with Gasteiger partial charge < -0.3 is 15.4 Å². The van der Waals surface area contributed by atoms with Crippen molar-refractivity contribution in [1.82, 2.24) is 4.90 Å². The summed E-state index contributed by atoms with van der Waals surface area (Å²) in [7, 11) is 2.12. The van der Waals surface area contributed by atoms with Gasteiger partial charge in [0.15, 0.2) is 0 Å². The van der Waals surface area contributed by atoms with Crippen molar-refractivity contribution in [1.29, 1.82) is 0 Å². The lowest BCUT2D eigenvalue weighted by Crippen LogP contribution is -2.18. The summed E-state index contributed by atoms with van der Waals surface area (Å²) in [6, 6.07) is 7.16. The maximum atomic E-state index is 11.2. The normalized spacial score (nSPS) is 18.3. The van der Waals surface area contributed by atoms with Crippen LogP contribution in [0.5, 0.6) is 5.75 Å². The maximum Gasteiger partial charge on any atom is 0.248 e. The van der Waals surface area contributed by atoms with Gasteiger partial charge in [-0.05, 0) is 43.8 Å². The van der Waals surface area contributed by atoms with Crippen molar-refractivity contribution in [2.45, 2.75) is 26.0 Å². The number of nitrogens with zero attached hydrogens (tertiary/aromatic N) is 1. The fraction of sp³-hybridized carbons (Fsp3) is 0.353. The SMILES string of the molecule is Cc1cc2c(s1)C(Oc1ccc(C(N)=O)cc1Cl)CCN(C)C2. The summed E-state index contributed by atoms with van der Waals surface area (Å²) in [6.45, 7) is 4.01. The number of halogens is 1. The van der Waals surface area contributed by atoms with Gasteiger partial charge in [0, 0.05) is 34.8 Å². The first kappa shape index (κ1) is 16.3. The lowest BCUT2D eigenvalue weighted by molar-refractivity contribution is 0.1000. The molecule has 122 valence electrons. The zero-order valence-corrected chi connectivity index (χ0v) is 14.7. The van der Waals surface area contributed by atoms with E-state index < -0.39 is 5.91 Å². The molecule has 1 aliphatic rings. The molecule has 2 aromatic rings. The fourth-order valence-electron chi connectivity index (χ4n) is 2.83. The Morgan fingerprint density at radius 3 is 2.91 bits per heavy atom. The third-order valence-corrected chi connectivity index (χ3v) is 5.44. The summed E-state index contributed by atoms with van der Waals surface area (Å²) in [5.41, 5.74) is 6.98. The van der Waals surface area contributed by atoms with Gasteiger partial charge in [-0.1, -0.05) is 11.6 Å². The van der Waals surface area contributed by atoms with Crippen LogP contribution in [-0.2, 0) is 6.54 Å². The molecule has 1 aromatic carbocycles. The molecule has 1 aliphatic heterocycles. The largest absolute Gasteiger partial charge is 0.483 e. The van der Waals surface area contributed by atoms with Gasteiger partial charge in [-0.3, -0.25) is 4.79 Å². The molecule has 4 nitrogen and oxygen atoms in total. The van der Waals surface area contributed by atoms with Crippen molar-refractivity contribution in [3.63, 3.8) is 0 Å². The molecule has 0 radical (unpaired) electrons. The standard InChI is InChI=1S/C17H19ClN2O2S/c1-10-7-12-9-20(2)6-5-15(16(12)23-10)22-14-4-3-11(17(19)21)8-13(14)18/h3-4,7-8,15H,5-6,9H2,1-2H3,(H2,19,21). The fourth-order valence-corrected chi connectivity index (χ4v) is 4.16. The number of thiophene rings is 1. The van der Waals surface area contributed by atoms with Crippen LogP contribution in [0.1, 0.15) is 38.2 Å². The molecule has 0 spiro atoms. The van der Waals surface area contributed by atoms with E-state index in [1.165, 1.54) is 15.3 Å². The molecule has 0 saturated heterocycles. The summed E-state index contributed by atoms with van der Waals surface area (Å²) >= 11 is 8.03. The number of fused-ring (bicyclic) bond motifs is 1. The van der Waals surface area contributed by atoms with E-state index in [4.69, 9.17) is 22.1 Å². The van der Waals surface area contributed by atoms with E-state index in [-0.39, 0.29) is 6.10 Å². The number of ether oxygens (including phenoxy) is 1. The van der Waals surface area contributed by atoms with E-state index in [1.807, 2.05) is 0 Å². The van der Waals surface area contributed by atoms with Crippen LogP contribution in [0.3, 0.4) is 0 Å². The molecule has 23 heavy (non-hydrogen) atoms. The van der Waals surface area contributed by atoms with Crippen molar-refractivity contribution in [2.24, 2.45) is 5.73 Å². The highest BCUT2D eigenvalue weighted by atomic mass is 35.5. The molecule has 2 N–H and O–H groups in total. The second-order valence-electron chi connectivity index (χ2n) is 5.89. The van der Waals surface area contributed by atoms with Crippen LogP contribution in [0.2, 0.25) is 5.02 Å². The van der Waals surface area contributed by atoms with Crippen LogP contribution in [0, 0.1) is 6.92 Å². The number of hydrogen-bond donors (Lipinski definition) is 1. The first-order valence-corrected chi connectivity index (χ1v) is 8.67. The Kier molecular flexibility index (Phi) is 4.62. The second kappa shape index (κ2) is 6.51. The van der Waals surface area contributed by atoms with Crippen LogP contribution in [0.25, 0.3) is 0 Å². The highest BCUT2D eigenvalue weighted by molar-refractivity contribution is 7.12. The Bertz CT molecular complexity index is 744.